The Kier molecular flexibility index (Phi) is 8.72. The molecule has 6 heteroatoms. The molecule has 1 rings (SSSR count). The summed E-state index contributed by atoms with van der Waals surface area (Å²) in [4.78, 5) is 0. The second-order valence-corrected chi connectivity index (χ2v) is 5.97. The van der Waals surface area contributed by atoms with Gasteiger partial charge in [-0.2, -0.15) is 0 Å². The van der Waals surface area contributed by atoms with E-state index in [1.165, 1.54) is 25.9 Å². The van der Waals surface area contributed by atoms with Gasteiger partial charge in [0.1, 0.15) is 0 Å². The van der Waals surface area contributed by atoms with Gasteiger partial charge in [-0.3, -0.25) is 4.70 Å². The molecule has 3 nitrogen and oxygen atoms in total. The first-order chi connectivity index (χ1) is 5.63. The molecule has 0 saturated carbocycles. The van der Waals surface area contributed by atoms with Crippen molar-refractivity contribution >= 4 is 11.5 Å². The van der Waals surface area contributed by atoms with E-state index in [2.05, 4.69) is 41.1 Å². The van der Waals surface area contributed by atoms with Gasteiger partial charge in [0.15, 0.2) is 0 Å². The van der Waals surface area contributed by atoms with Gasteiger partial charge >= 0.3 is 0 Å². The van der Waals surface area contributed by atoms with Crippen LogP contribution in [0, 0.1) is 0 Å². The predicted octanol–water partition coefficient (Wildman–Crippen LogP) is -2.27. The van der Waals surface area contributed by atoms with Crippen LogP contribution in [0.15, 0.2) is 0 Å². The molecule has 0 unspecified atom stereocenters. The normalized spacial score (nSPS) is 17.4. The predicted molar refractivity (Wildman–Crippen MR) is 58.0 cm³/mol. The summed E-state index contributed by atoms with van der Waals surface area (Å²) in [5.74, 6) is 0. The number of nitrogens with zero attached hydrogens (tertiary/aromatic N) is 3. The second kappa shape index (κ2) is 7.39. The maximum Gasteiger partial charge on any atom is 0.266 e. The van der Waals surface area contributed by atoms with Crippen molar-refractivity contribution in [3.05, 3.63) is 0 Å². The lowest BCUT2D eigenvalue weighted by Crippen LogP contribution is -3.00. The summed E-state index contributed by atoms with van der Waals surface area (Å²) in [6.45, 7) is 2.53. The second-order valence-electron chi connectivity index (χ2n) is 3.51. The highest BCUT2D eigenvalue weighted by Gasteiger charge is 2.37. The van der Waals surface area contributed by atoms with Crippen molar-refractivity contribution in [1.82, 2.24) is 12.9 Å². The summed E-state index contributed by atoms with van der Waals surface area (Å²) >= 11 is 0.197. The van der Waals surface area contributed by atoms with Gasteiger partial charge in [0.05, 0.1) is 0 Å². The monoisotopic (exact) mass is 229 g/mol. The zero-order valence-corrected chi connectivity index (χ0v) is 10.2. The van der Waals surface area contributed by atoms with Crippen molar-refractivity contribution in [2.45, 2.75) is 12.8 Å². The average Bonchev–Trinajstić information content (AvgIpc) is 2.37. The largest absolute Gasteiger partial charge is 1.00 e. The standard InChI is InChI=1S/C8H20N3S.2FH/c1-9(2)12(10(3)4)11-7-5-6-8-11;;/h5-8H2,1-4H3;2*1H/q+1;;/p-1. The molecule has 88 valence electrons. The Morgan fingerprint density at radius 2 is 1.29 bits per heavy atom. The first kappa shape index (κ1) is 16.5. The maximum absolute atomic E-state index is 2.56. The third kappa shape index (κ3) is 4.08. The molecule has 0 amide bonds. The van der Waals surface area contributed by atoms with Crippen molar-refractivity contribution in [3.8, 4) is 0 Å². The minimum atomic E-state index is 0. The van der Waals surface area contributed by atoms with Crippen molar-refractivity contribution < 1.29 is 9.41 Å². The highest BCUT2D eigenvalue weighted by molar-refractivity contribution is 7.90. The van der Waals surface area contributed by atoms with Gasteiger partial charge in [0.25, 0.3) is 11.5 Å². The van der Waals surface area contributed by atoms with Gasteiger partial charge in [0, 0.05) is 41.3 Å². The Morgan fingerprint density at radius 3 is 1.57 bits per heavy atom. The van der Waals surface area contributed by atoms with Crippen molar-refractivity contribution in [2.24, 2.45) is 0 Å². The third-order valence-electron chi connectivity index (χ3n) is 1.95. The lowest BCUT2D eigenvalue weighted by Gasteiger charge is -2.23. The fourth-order valence-corrected chi connectivity index (χ4v) is 3.80. The molecule has 1 aliphatic heterocycles. The summed E-state index contributed by atoms with van der Waals surface area (Å²) in [6.07, 6.45) is 2.73. The molecule has 0 bridgehead atoms. The molecule has 0 atom stereocenters. The SMILES string of the molecule is CN(C)[S+](N(C)C)N1CCCC1.F.[F-]. The van der Waals surface area contributed by atoms with Crippen LogP contribution in [0.25, 0.3) is 0 Å². The van der Waals surface area contributed by atoms with Gasteiger partial charge in [0.2, 0.25) is 0 Å². The first-order valence-electron chi connectivity index (χ1n) is 4.47. The summed E-state index contributed by atoms with van der Waals surface area (Å²) in [7, 11) is 8.62. The minimum Gasteiger partial charge on any atom is -1.00 e. The molecule has 0 spiro atoms. The Balaban J connectivity index is 0. The van der Waals surface area contributed by atoms with Gasteiger partial charge in [-0.25, -0.2) is 0 Å². The molecule has 0 aliphatic carbocycles. The fraction of sp³-hybridized carbons (Fsp3) is 1.00. The van der Waals surface area contributed by atoms with E-state index >= 15 is 0 Å². The van der Waals surface area contributed by atoms with E-state index in [0.717, 1.165) is 0 Å². The van der Waals surface area contributed by atoms with Gasteiger partial charge in [-0.1, -0.05) is 12.9 Å². The van der Waals surface area contributed by atoms with Crippen LogP contribution >= 0.6 is 0 Å². The van der Waals surface area contributed by atoms with E-state index in [1.807, 2.05) is 0 Å². The topological polar surface area (TPSA) is 9.72 Å². The summed E-state index contributed by atoms with van der Waals surface area (Å²) < 4.78 is 7.15. The Bertz CT molecular complexity index is 133. The van der Waals surface area contributed by atoms with E-state index in [-0.39, 0.29) is 20.9 Å². The lowest BCUT2D eigenvalue weighted by molar-refractivity contribution is -0.00000364. The van der Waals surface area contributed by atoms with Crippen LogP contribution < -0.4 is 4.70 Å². The summed E-state index contributed by atoms with van der Waals surface area (Å²) in [5.41, 5.74) is 0. The molecule has 1 saturated heterocycles. The molecule has 0 aromatic rings. The van der Waals surface area contributed by atoms with E-state index in [9.17, 15) is 0 Å². The van der Waals surface area contributed by atoms with E-state index in [1.54, 1.807) is 0 Å². The van der Waals surface area contributed by atoms with Crippen LogP contribution in [0.3, 0.4) is 0 Å². The minimum absolute atomic E-state index is 0. The molecule has 14 heavy (non-hydrogen) atoms. The summed E-state index contributed by atoms with van der Waals surface area (Å²) in [5, 5.41) is 0. The molecule has 1 heterocycles. The number of halogens is 2. The highest BCUT2D eigenvalue weighted by atomic mass is 32.2. The smallest absolute Gasteiger partial charge is 0.266 e. The fourth-order valence-electron chi connectivity index (χ4n) is 1.64. The number of hydrogen-bond donors (Lipinski definition) is 0. The molecule has 0 aromatic heterocycles. The van der Waals surface area contributed by atoms with Gasteiger partial charge < -0.3 is 4.70 Å². The van der Waals surface area contributed by atoms with Crippen LogP contribution in [0.5, 0.6) is 0 Å². The van der Waals surface area contributed by atoms with Crippen molar-refractivity contribution in [1.29, 1.82) is 0 Å². The third-order valence-corrected chi connectivity index (χ3v) is 4.08. The van der Waals surface area contributed by atoms with E-state index in [4.69, 9.17) is 0 Å². The molecule has 0 radical (unpaired) electrons. The first-order valence-corrected chi connectivity index (χ1v) is 5.56. The highest BCUT2D eigenvalue weighted by Crippen LogP contribution is 2.17. The van der Waals surface area contributed by atoms with Crippen LogP contribution in [0.1, 0.15) is 12.8 Å². The van der Waals surface area contributed by atoms with Crippen LogP contribution in [0.2, 0.25) is 0 Å². The Morgan fingerprint density at radius 1 is 0.929 bits per heavy atom. The molecule has 0 aromatic carbocycles. The summed E-state index contributed by atoms with van der Waals surface area (Å²) in [6, 6.07) is 0. The Hall–Kier alpha value is 0.0900. The van der Waals surface area contributed by atoms with Crippen LogP contribution in [0.4, 0.5) is 4.70 Å². The number of rotatable bonds is 3. The van der Waals surface area contributed by atoms with Gasteiger partial charge in [-0.15, -0.1) is 0 Å². The quantitative estimate of drug-likeness (QED) is 0.505. The zero-order chi connectivity index (χ0) is 9.14. The zero-order valence-electron chi connectivity index (χ0n) is 9.36. The van der Waals surface area contributed by atoms with Crippen LogP contribution in [-0.4, -0.2) is 54.2 Å². The van der Waals surface area contributed by atoms with E-state index < -0.39 is 0 Å². The van der Waals surface area contributed by atoms with Gasteiger partial charge in [-0.05, 0) is 12.8 Å². The molecule has 0 N–H and O–H groups in total. The average molecular weight is 229 g/mol. The van der Waals surface area contributed by atoms with E-state index in [0.29, 0.717) is 0 Å². The Labute approximate surface area is 88.5 Å². The molecular weight excluding hydrogens is 208 g/mol. The molecular formula is C8H21F2N3S. The number of hydrogen-bond acceptors (Lipinski definition) is 3. The molecule has 1 aliphatic rings. The lowest BCUT2D eigenvalue weighted by atomic mass is 10.4. The van der Waals surface area contributed by atoms with Crippen LogP contribution in [-0.2, 0) is 11.5 Å². The van der Waals surface area contributed by atoms with Crippen molar-refractivity contribution in [2.75, 3.05) is 41.3 Å². The molecule has 1 fully saturated rings. The van der Waals surface area contributed by atoms with Crippen molar-refractivity contribution in [3.63, 3.8) is 0 Å². The maximum atomic E-state index is 2.56.